The molecule has 5 nitrogen and oxygen atoms in total. The van der Waals surface area contributed by atoms with Crippen molar-refractivity contribution in [2.24, 2.45) is 7.05 Å². The number of nitrogens with one attached hydrogen (secondary N) is 1. The van der Waals surface area contributed by atoms with Crippen molar-refractivity contribution in [2.75, 3.05) is 26.7 Å². The van der Waals surface area contributed by atoms with Crippen LogP contribution in [0.15, 0.2) is 0 Å². The monoisotopic (exact) mass is 278 g/mol. The Morgan fingerprint density at radius 3 is 2.65 bits per heavy atom. The third-order valence-corrected chi connectivity index (χ3v) is 4.67. The number of rotatable bonds is 4. The molecule has 1 saturated carbocycles. The van der Waals surface area contributed by atoms with Gasteiger partial charge in [-0.1, -0.05) is 0 Å². The second kappa shape index (κ2) is 5.47. The van der Waals surface area contributed by atoms with Crippen LogP contribution >= 0.6 is 0 Å². The Labute approximate surface area is 121 Å². The number of hydrogen-bond acceptors (Lipinski definition) is 4. The molecule has 0 bridgehead atoms. The van der Waals surface area contributed by atoms with Gasteiger partial charge in [0.1, 0.15) is 0 Å². The number of ether oxygens (including phenoxy) is 1. The Morgan fingerprint density at radius 2 is 2.10 bits per heavy atom. The lowest BCUT2D eigenvalue weighted by atomic mass is 9.95. The molecule has 2 fully saturated rings. The minimum Gasteiger partial charge on any atom is -0.374 e. The van der Waals surface area contributed by atoms with Crippen molar-refractivity contribution < 1.29 is 4.74 Å². The second-order valence-corrected chi connectivity index (χ2v) is 6.09. The SMILES string of the molecule is CNCC1OCCN(C2CC2)C1c1c(C)nn(C)c1C. The first kappa shape index (κ1) is 14.0. The largest absolute Gasteiger partial charge is 0.374 e. The predicted molar refractivity (Wildman–Crippen MR) is 78.8 cm³/mol. The number of aromatic nitrogens is 2. The number of nitrogens with zero attached hydrogens (tertiary/aromatic N) is 3. The van der Waals surface area contributed by atoms with Gasteiger partial charge in [-0.3, -0.25) is 9.58 Å². The summed E-state index contributed by atoms with van der Waals surface area (Å²) >= 11 is 0. The van der Waals surface area contributed by atoms with E-state index in [2.05, 4.69) is 29.2 Å². The Balaban J connectivity index is 1.98. The van der Waals surface area contributed by atoms with Crippen molar-refractivity contribution in [3.8, 4) is 0 Å². The first-order chi connectivity index (χ1) is 9.63. The molecule has 2 atom stereocenters. The molecule has 1 saturated heterocycles. The molecule has 0 amide bonds. The number of likely N-dealkylation sites (N-methyl/N-ethyl adjacent to an activating group) is 1. The Hall–Kier alpha value is -0.910. The number of aryl methyl sites for hydroxylation is 2. The summed E-state index contributed by atoms with van der Waals surface area (Å²) in [6.07, 6.45) is 2.89. The molecule has 5 heteroatoms. The highest BCUT2D eigenvalue weighted by Crippen LogP contribution is 2.40. The fraction of sp³-hybridized carbons (Fsp3) is 0.800. The van der Waals surface area contributed by atoms with Crippen molar-refractivity contribution in [2.45, 2.75) is 44.9 Å². The van der Waals surface area contributed by atoms with E-state index in [1.165, 1.54) is 24.1 Å². The zero-order chi connectivity index (χ0) is 14.3. The van der Waals surface area contributed by atoms with E-state index in [0.29, 0.717) is 6.04 Å². The van der Waals surface area contributed by atoms with Crippen LogP contribution < -0.4 is 5.32 Å². The predicted octanol–water partition coefficient (Wildman–Crippen LogP) is 1.16. The summed E-state index contributed by atoms with van der Waals surface area (Å²) in [7, 11) is 4.03. The molecular formula is C15H26N4O. The molecule has 3 rings (SSSR count). The zero-order valence-electron chi connectivity index (χ0n) is 13.0. The quantitative estimate of drug-likeness (QED) is 0.897. The first-order valence-electron chi connectivity index (χ1n) is 7.65. The van der Waals surface area contributed by atoms with Crippen LogP contribution in [0.1, 0.15) is 35.8 Å². The lowest BCUT2D eigenvalue weighted by Crippen LogP contribution is -2.49. The average molecular weight is 278 g/mol. The first-order valence-corrected chi connectivity index (χ1v) is 7.65. The van der Waals surface area contributed by atoms with Crippen LogP contribution in [-0.2, 0) is 11.8 Å². The van der Waals surface area contributed by atoms with Crippen molar-refractivity contribution in [3.63, 3.8) is 0 Å². The summed E-state index contributed by atoms with van der Waals surface area (Å²) in [6, 6.07) is 1.10. The molecule has 1 aromatic rings. The molecule has 20 heavy (non-hydrogen) atoms. The van der Waals surface area contributed by atoms with Crippen LogP contribution in [0.3, 0.4) is 0 Å². The maximum Gasteiger partial charge on any atom is 0.0897 e. The summed E-state index contributed by atoms with van der Waals surface area (Å²) in [5.41, 5.74) is 3.79. The van der Waals surface area contributed by atoms with E-state index in [9.17, 15) is 0 Å². The highest BCUT2D eigenvalue weighted by atomic mass is 16.5. The Kier molecular flexibility index (Phi) is 3.84. The minimum absolute atomic E-state index is 0.218. The van der Waals surface area contributed by atoms with Gasteiger partial charge in [-0.15, -0.1) is 0 Å². The molecule has 1 N–H and O–H groups in total. The van der Waals surface area contributed by atoms with Crippen LogP contribution in [0.25, 0.3) is 0 Å². The molecular weight excluding hydrogens is 252 g/mol. The molecule has 1 aliphatic heterocycles. The molecule has 2 aliphatic rings. The van der Waals surface area contributed by atoms with E-state index >= 15 is 0 Å². The van der Waals surface area contributed by atoms with Gasteiger partial charge in [0.25, 0.3) is 0 Å². The number of morpholine rings is 1. The van der Waals surface area contributed by atoms with Crippen molar-refractivity contribution in [1.29, 1.82) is 0 Å². The van der Waals surface area contributed by atoms with Gasteiger partial charge >= 0.3 is 0 Å². The van der Waals surface area contributed by atoms with Crippen LogP contribution in [0.4, 0.5) is 0 Å². The zero-order valence-corrected chi connectivity index (χ0v) is 13.0. The molecule has 1 aromatic heterocycles. The van der Waals surface area contributed by atoms with E-state index in [1.54, 1.807) is 0 Å². The normalized spacial score (nSPS) is 28.0. The highest BCUT2D eigenvalue weighted by molar-refractivity contribution is 5.30. The van der Waals surface area contributed by atoms with Gasteiger partial charge in [0.15, 0.2) is 0 Å². The van der Waals surface area contributed by atoms with E-state index in [4.69, 9.17) is 4.74 Å². The Bertz CT molecular complexity index is 478. The van der Waals surface area contributed by atoms with Crippen LogP contribution in [-0.4, -0.2) is 53.6 Å². The summed E-state index contributed by atoms with van der Waals surface area (Å²) in [6.45, 7) is 7.08. The molecule has 2 heterocycles. The standard InChI is InChI=1S/C15H26N4O/c1-10-14(11(2)18(4)17-10)15-13(9-16-3)20-8-7-19(15)12-5-6-12/h12-13,15-16H,5-9H2,1-4H3. The van der Waals surface area contributed by atoms with Gasteiger partial charge < -0.3 is 10.1 Å². The van der Waals surface area contributed by atoms with Gasteiger partial charge in [0.2, 0.25) is 0 Å². The molecule has 2 unspecified atom stereocenters. The Morgan fingerprint density at radius 1 is 1.35 bits per heavy atom. The third-order valence-electron chi connectivity index (χ3n) is 4.67. The summed E-state index contributed by atoms with van der Waals surface area (Å²) in [5, 5.41) is 7.89. The highest BCUT2D eigenvalue weighted by Gasteiger charge is 2.42. The van der Waals surface area contributed by atoms with E-state index in [-0.39, 0.29) is 6.10 Å². The summed E-state index contributed by atoms with van der Waals surface area (Å²) < 4.78 is 8.07. The van der Waals surface area contributed by atoms with Gasteiger partial charge in [-0.05, 0) is 33.7 Å². The van der Waals surface area contributed by atoms with Crippen LogP contribution in [0.2, 0.25) is 0 Å². The third kappa shape index (κ3) is 2.38. The van der Waals surface area contributed by atoms with Gasteiger partial charge in [-0.2, -0.15) is 5.10 Å². The lowest BCUT2D eigenvalue weighted by molar-refractivity contribution is -0.0744. The molecule has 0 spiro atoms. The average Bonchev–Trinajstić information content (AvgIpc) is 3.21. The molecule has 112 valence electrons. The second-order valence-electron chi connectivity index (χ2n) is 6.09. The molecule has 0 aromatic carbocycles. The molecule has 1 aliphatic carbocycles. The van der Waals surface area contributed by atoms with Crippen LogP contribution in [0.5, 0.6) is 0 Å². The van der Waals surface area contributed by atoms with Gasteiger partial charge in [0.05, 0.1) is 24.4 Å². The fourth-order valence-corrected chi connectivity index (χ4v) is 3.51. The van der Waals surface area contributed by atoms with Crippen LogP contribution in [0, 0.1) is 13.8 Å². The van der Waals surface area contributed by atoms with Gasteiger partial charge in [-0.25, -0.2) is 0 Å². The van der Waals surface area contributed by atoms with E-state index < -0.39 is 0 Å². The minimum atomic E-state index is 0.218. The van der Waals surface area contributed by atoms with E-state index in [1.807, 2.05) is 18.8 Å². The topological polar surface area (TPSA) is 42.3 Å². The smallest absolute Gasteiger partial charge is 0.0897 e. The number of hydrogen-bond donors (Lipinski definition) is 1. The van der Waals surface area contributed by atoms with Crippen molar-refractivity contribution >= 4 is 0 Å². The van der Waals surface area contributed by atoms with E-state index in [0.717, 1.165) is 31.4 Å². The van der Waals surface area contributed by atoms with Crippen molar-refractivity contribution in [3.05, 3.63) is 17.0 Å². The maximum absolute atomic E-state index is 6.07. The molecule has 0 radical (unpaired) electrons. The fourth-order valence-electron chi connectivity index (χ4n) is 3.51. The van der Waals surface area contributed by atoms with Gasteiger partial charge in [0, 0.05) is 37.4 Å². The maximum atomic E-state index is 6.07. The lowest BCUT2D eigenvalue weighted by Gasteiger charge is -2.42. The summed E-state index contributed by atoms with van der Waals surface area (Å²) in [4.78, 5) is 2.66. The van der Waals surface area contributed by atoms with Crippen molar-refractivity contribution in [1.82, 2.24) is 20.0 Å². The summed E-state index contributed by atoms with van der Waals surface area (Å²) in [5.74, 6) is 0.